The van der Waals surface area contributed by atoms with E-state index in [0.29, 0.717) is 19.4 Å². The standard InChI is InChI=1S/C60H115NO5/c1-3-5-7-9-11-13-15-30-34-38-42-46-50-54-60(65)66-55-51-47-43-39-35-32-29-27-25-23-21-19-17-16-18-20-22-24-26-28-31-33-37-41-45-49-53-59(64)61-57(56-62)58(63)52-48-44-40-36-14-12-10-8-6-4-2/h13,15,48,52,57-58,62-63H,3-12,14,16-47,49-51,53-56H2,1-2H3,(H,61,64)/b15-13-,52-48+. The summed E-state index contributed by atoms with van der Waals surface area (Å²) in [5.41, 5.74) is 0. The topological polar surface area (TPSA) is 95.9 Å². The van der Waals surface area contributed by atoms with Crippen molar-refractivity contribution in [2.45, 2.75) is 334 Å². The van der Waals surface area contributed by atoms with Crippen molar-refractivity contribution in [1.29, 1.82) is 0 Å². The number of ether oxygens (including phenoxy) is 1. The first kappa shape index (κ1) is 64.3. The Morgan fingerprint density at radius 3 is 1.09 bits per heavy atom. The monoisotopic (exact) mass is 930 g/mol. The Morgan fingerprint density at radius 2 is 0.712 bits per heavy atom. The SMILES string of the molecule is CCCCCC/C=C\CCCCCCCC(=O)OCCCCCCCCCCCCCCCCCCCCCCCCCCCCC(=O)NC(CO)C(O)/C=C/CCCCCCCCCC. The van der Waals surface area contributed by atoms with Gasteiger partial charge in [-0.25, -0.2) is 0 Å². The number of unbranched alkanes of at least 4 members (excludes halogenated alkanes) is 42. The van der Waals surface area contributed by atoms with Crippen LogP contribution in [-0.4, -0.2) is 47.4 Å². The third kappa shape index (κ3) is 51.7. The molecule has 6 heteroatoms. The summed E-state index contributed by atoms with van der Waals surface area (Å²) in [5, 5.41) is 23.0. The molecule has 0 spiro atoms. The van der Waals surface area contributed by atoms with E-state index in [4.69, 9.17) is 4.74 Å². The number of hydrogen-bond acceptors (Lipinski definition) is 5. The number of hydrogen-bond donors (Lipinski definition) is 3. The van der Waals surface area contributed by atoms with Crippen molar-refractivity contribution in [3.8, 4) is 0 Å². The molecule has 0 heterocycles. The van der Waals surface area contributed by atoms with E-state index in [1.54, 1.807) is 6.08 Å². The van der Waals surface area contributed by atoms with E-state index in [1.165, 1.54) is 250 Å². The molecule has 0 aliphatic rings. The summed E-state index contributed by atoms with van der Waals surface area (Å²) in [7, 11) is 0. The maximum absolute atomic E-state index is 12.4. The summed E-state index contributed by atoms with van der Waals surface area (Å²) < 4.78 is 5.47. The number of nitrogens with one attached hydrogen (secondary N) is 1. The normalized spacial score (nSPS) is 12.7. The highest BCUT2D eigenvalue weighted by molar-refractivity contribution is 5.76. The van der Waals surface area contributed by atoms with Gasteiger partial charge in [-0.3, -0.25) is 9.59 Å². The molecule has 0 saturated carbocycles. The summed E-state index contributed by atoms with van der Waals surface area (Å²) in [6, 6.07) is -0.624. The molecule has 0 aromatic carbocycles. The maximum atomic E-state index is 12.4. The highest BCUT2D eigenvalue weighted by Gasteiger charge is 2.18. The molecule has 0 fully saturated rings. The van der Waals surface area contributed by atoms with Crippen molar-refractivity contribution in [1.82, 2.24) is 5.32 Å². The van der Waals surface area contributed by atoms with Crippen LogP contribution in [0.25, 0.3) is 0 Å². The fraction of sp³-hybridized carbons (Fsp3) is 0.900. The van der Waals surface area contributed by atoms with Crippen LogP contribution < -0.4 is 5.32 Å². The molecule has 0 aliphatic carbocycles. The molecule has 1 amide bonds. The van der Waals surface area contributed by atoms with E-state index in [1.807, 2.05) is 6.08 Å². The first-order valence-electron chi connectivity index (χ1n) is 29.6. The van der Waals surface area contributed by atoms with Gasteiger partial charge in [0.25, 0.3) is 0 Å². The van der Waals surface area contributed by atoms with Crippen molar-refractivity contribution < 1.29 is 24.5 Å². The molecule has 0 aromatic heterocycles. The third-order valence-corrected chi connectivity index (χ3v) is 13.7. The number of amides is 1. The zero-order valence-electron chi connectivity index (χ0n) is 44.4. The molecule has 3 N–H and O–H groups in total. The van der Waals surface area contributed by atoms with E-state index in [2.05, 4.69) is 31.3 Å². The smallest absolute Gasteiger partial charge is 0.305 e. The number of carbonyl (C=O) groups excluding carboxylic acids is 2. The minimum atomic E-state index is -0.840. The first-order valence-corrected chi connectivity index (χ1v) is 29.6. The van der Waals surface area contributed by atoms with Gasteiger partial charge in [0.15, 0.2) is 0 Å². The molecule has 0 aromatic rings. The van der Waals surface area contributed by atoms with Gasteiger partial charge in [0, 0.05) is 12.8 Å². The lowest BCUT2D eigenvalue weighted by Crippen LogP contribution is -2.45. The molecular weight excluding hydrogens is 815 g/mol. The van der Waals surface area contributed by atoms with Gasteiger partial charge in [-0.15, -0.1) is 0 Å². The highest BCUT2D eigenvalue weighted by Crippen LogP contribution is 2.17. The molecule has 0 saturated heterocycles. The van der Waals surface area contributed by atoms with Crippen molar-refractivity contribution in [3.63, 3.8) is 0 Å². The van der Waals surface area contributed by atoms with Gasteiger partial charge in [0.1, 0.15) is 0 Å². The molecular formula is C60H115NO5. The Labute approximate surface area is 411 Å². The number of rotatable bonds is 55. The summed E-state index contributed by atoms with van der Waals surface area (Å²) in [4.78, 5) is 24.4. The van der Waals surface area contributed by atoms with Gasteiger partial charge in [-0.2, -0.15) is 0 Å². The average molecular weight is 931 g/mol. The minimum absolute atomic E-state index is 0.00748. The largest absolute Gasteiger partial charge is 0.466 e. The Morgan fingerprint density at radius 1 is 0.409 bits per heavy atom. The fourth-order valence-corrected chi connectivity index (χ4v) is 9.16. The summed E-state index contributed by atoms with van der Waals surface area (Å²) in [6.07, 6.45) is 67.9. The van der Waals surface area contributed by atoms with Crippen LogP contribution in [-0.2, 0) is 14.3 Å². The van der Waals surface area contributed by atoms with Crippen LogP contribution in [0.2, 0.25) is 0 Å². The second-order valence-electron chi connectivity index (χ2n) is 20.3. The fourth-order valence-electron chi connectivity index (χ4n) is 9.16. The van der Waals surface area contributed by atoms with Crippen LogP contribution in [0, 0.1) is 0 Å². The Balaban J connectivity index is 3.34. The van der Waals surface area contributed by atoms with Gasteiger partial charge >= 0.3 is 5.97 Å². The molecule has 0 aliphatic heterocycles. The highest BCUT2D eigenvalue weighted by atomic mass is 16.5. The van der Waals surface area contributed by atoms with Crippen molar-refractivity contribution in [3.05, 3.63) is 24.3 Å². The van der Waals surface area contributed by atoms with Gasteiger partial charge in [-0.05, 0) is 57.8 Å². The van der Waals surface area contributed by atoms with E-state index in [0.717, 1.165) is 44.9 Å². The number of allylic oxidation sites excluding steroid dienone is 3. The molecule has 2 unspecified atom stereocenters. The van der Waals surface area contributed by atoms with Gasteiger partial charge in [-0.1, -0.05) is 276 Å². The first-order chi connectivity index (χ1) is 32.5. The lowest BCUT2D eigenvalue weighted by atomic mass is 10.0. The summed E-state index contributed by atoms with van der Waals surface area (Å²) in [5.74, 6) is -0.0595. The molecule has 390 valence electrons. The van der Waals surface area contributed by atoms with Gasteiger partial charge in [0.2, 0.25) is 5.91 Å². The molecule has 6 nitrogen and oxygen atoms in total. The van der Waals surface area contributed by atoms with Crippen molar-refractivity contribution in [2.75, 3.05) is 13.2 Å². The lowest BCUT2D eigenvalue weighted by molar-refractivity contribution is -0.143. The number of esters is 1. The zero-order chi connectivity index (χ0) is 47.9. The maximum Gasteiger partial charge on any atom is 0.305 e. The van der Waals surface area contributed by atoms with Crippen LogP contribution in [0.3, 0.4) is 0 Å². The number of aliphatic hydroxyl groups is 2. The van der Waals surface area contributed by atoms with Crippen molar-refractivity contribution in [2.24, 2.45) is 0 Å². The second kappa shape index (κ2) is 55.9. The number of carbonyl (C=O) groups is 2. The van der Waals surface area contributed by atoms with E-state index in [9.17, 15) is 19.8 Å². The van der Waals surface area contributed by atoms with Crippen LogP contribution in [0.5, 0.6) is 0 Å². The average Bonchev–Trinajstić information content (AvgIpc) is 3.32. The Kier molecular flexibility index (Phi) is 54.5. The molecule has 66 heavy (non-hydrogen) atoms. The van der Waals surface area contributed by atoms with Crippen LogP contribution in [0.4, 0.5) is 0 Å². The Bertz CT molecular complexity index is 1030. The Hall–Kier alpha value is -1.66. The molecule has 0 radical (unpaired) electrons. The van der Waals surface area contributed by atoms with Crippen molar-refractivity contribution >= 4 is 11.9 Å². The van der Waals surface area contributed by atoms with Crippen LogP contribution >= 0.6 is 0 Å². The molecule has 0 bridgehead atoms. The van der Waals surface area contributed by atoms with E-state index < -0.39 is 12.1 Å². The van der Waals surface area contributed by atoms with E-state index in [-0.39, 0.29) is 18.5 Å². The zero-order valence-corrected chi connectivity index (χ0v) is 44.4. The summed E-state index contributed by atoms with van der Waals surface area (Å²) in [6.45, 7) is 4.88. The second-order valence-corrected chi connectivity index (χ2v) is 20.3. The molecule has 2 atom stereocenters. The van der Waals surface area contributed by atoms with Crippen LogP contribution in [0.15, 0.2) is 24.3 Å². The van der Waals surface area contributed by atoms with Crippen LogP contribution in [0.1, 0.15) is 322 Å². The predicted octanol–water partition coefficient (Wildman–Crippen LogP) is 18.2. The van der Waals surface area contributed by atoms with E-state index >= 15 is 0 Å². The quantitative estimate of drug-likeness (QED) is 0.0321. The van der Waals surface area contributed by atoms with Gasteiger partial charge in [0.05, 0.1) is 25.4 Å². The minimum Gasteiger partial charge on any atom is -0.466 e. The lowest BCUT2D eigenvalue weighted by Gasteiger charge is -2.20. The third-order valence-electron chi connectivity index (χ3n) is 13.7. The number of aliphatic hydroxyl groups excluding tert-OH is 2. The predicted molar refractivity (Wildman–Crippen MR) is 287 cm³/mol. The summed E-state index contributed by atoms with van der Waals surface area (Å²) >= 11 is 0. The van der Waals surface area contributed by atoms with Gasteiger partial charge < -0.3 is 20.3 Å². The molecule has 0 rings (SSSR count).